The van der Waals surface area contributed by atoms with E-state index in [0.717, 1.165) is 31.5 Å². The van der Waals surface area contributed by atoms with E-state index in [1.807, 2.05) is 37.3 Å². The Morgan fingerprint density at radius 1 is 1.29 bits per heavy atom. The Bertz CT molecular complexity index is 496. The Morgan fingerprint density at radius 2 is 1.90 bits per heavy atom. The van der Waals surface area contributed by atoms with Gasteiger partial charge in [-0.15, -0.1) is 0 Å². The van der Waals surface area contributed by atoms with Gasteiger partial charge in [-0.05, 0) is 31.5 Å². The summed E-state index contributed by atoms with van der Waals surface area (Å²) in [6.45, 7) is 3.59. The van der Waals surface area contributed by atoms with Crippen molar-refractivity contribution in [3.05, 3.63) is 35.9 Å². The molecule has 2 rings (SSSR count). The predicted molar refractivity (Wildman–Crippen MR) is 79.8 cm³/mol. The van der Waals surface area contributed by atoms with E-state index in [1.54, 1.807) is 0 Å². The molecule has 1 aliphatic heterocycles. The summed E-state index contributed by atoms with van der Waals surface area (Å²) in [6, 6.07) is 8.78. The summed E-state index contributed by atoms with van der Waals surface area (Å²) >= 11 is 0. The lowest BCUT2D eigenvalue weighted by Crippen LogP contribution is -2.47. The number of carbonyl (C=O) groups excluding carboxylic acids is 1. The number of rotatable bonds is 5. The lowest BCUT2D eigenvalue weighted by Gasteiger charge is -2.34. The molecule has 1 unspecified atom stereocenters. The Kier molecular flexibility index (Phi) is 4.96. The Hall–Kier alpha value is -1.88. The van der Waals surface area contributed by atoms with Crippen molar-refractivity contribution in [2.24, 2.45) is 5.41 Å². The van der Waals surface area contributed by atoms with Crippen LogP contribution < -0.4 is 10.6 Å². The van der Waals surface area contributed by atoms with E-state index in [-0.39, 0.29) is 12.3 Å². The zero-order valence-electron chi connectivity index (χ0n) is 12.3. The molecule has 5 nitrogen and oxygen atoms in total. The van der Waals surface area contributed by atoms with Gasteiger partial charge in [0, 0.05) is 5.41 Å². The summed E-state index contributed by atoms with van der Waals surface area (Å²) in [7, 11) is 0. The topological polar surface area (TPSA) is 78.4 Å². The van der Waals surface area contributed by atoms with E-state index in [9.17, 15) is 9.59 Å². The third-order valence-electron chi connectivity index (χ3n) is 4.14. The quantitative estimate of drug-likeness (QED) is 0.771. The summed E-state index contributed by atoms with van der Waals surface area (Å²) in [4.78, 5) is 23.6. The molecule has 1 heterocycles. The van der Waals surface area contributed by atoms with Crippen LogP contribution >= 0.6 is 0 Å². The molecule has 1 saturated heterocycles. The Balaban J connectivity index is 2.11. The molecule has 1 atom stereocenters. The summed E-state index contributed by atoms with van der Waals surface area (Å²) < 4.78 is 0. The first-order chi connectivity index (χ1) is 10.0. The maximum atomic E-state index is 12.6. The number of carbonyl (C=O) groups is 2. The predicted octanol–water partition coefficient (Wildman–Crippen LogP) is 1.71. The minimum atomic E-state index is -0.917. The third kappa shape index (κ3) is 4.04. The molecule has 5 heteroatoms. The minimum Gasteiger partial charge on any atom is -0.481 e. The van der Waals surface area contributed by atoms with Gasteiger partial charge in [0.15, 0.2) is 0 Å². The summed E-state index contributed by atoms with van der Waals surface area (Å²) in [5.41, 5.74) is 0.405. The highest BCUT2D eigenvalue weighted by Crippen LogP contribution is 2.29. The van der Waals surface area contributed by atoms with Gasteiger partial charge < -0.3 is 15.7 Å². The zero-order valence-corrected chi connectivity index (χ0v) is 12.3. The van der Waals surface area contributed by atoms with Crippen LogP contribution in [-0.4, -0.2) is 30.1 Å². The number of nitrogens with one attached hydrogen (secondary N) is 2. The van der Waals surface area contributed by atoms with Crippen LogP contribution in [0.3, 0.4) is 0 Å². The second kappa shape index (κ2) is 6.72. The van der Waals surface area contributed by atoms with E-state index in [2.05, 4.69) is 10.6 Å². The number of hydrogen-bond donors (Lipinski definition) is 3. The van der Waals surface area contributed by atoms with Crippen LogP contribution in [0.4, 0.5) is 0 Å². The monoisotopic (exact) mass is 290 g/mol. The van der Waals surface area contributed by atoms with Gasteiger partial charge in [-0.3, -0.25) is 9.59 Å². The van der Waals surface area contributed by atoms with Crippen molar-refractivity contribution in [2.45, 2.75) is 32.2 Å². The SMILES string of the molecule is CC1(C(=O)NC(CC(=O)O)c2ccccc2)CCNCC1. The van der Waals surface area contributed by atoms with Gasteiger partial charge >= 0.3 is 5.97 Å². The third-order valence-corrected chi connectivity index (χ3v) is 4.14. The fraction of sp³-hybridized carbons (Fsp3) is 0.500. The van der Waals surface area contributed by atoms with Crippen LogP contribution in [0.5, 0.6) is 0 Å². The molecule has 1 aromatic rings. The summed E-state index contributed by atoms with van der Waals surface area (Å²) in [6.07, 6.45) is 1.44. The highest BCUT2D eigenvalue weighted by molar-refractivity contribution is 5.83. The van der Waals surface area contributed by atoms with Crippen LogP contribution in [0, 0.1) is 5.41 Å². The first kappa shape index (κ1) is 15.5. The lowest BCUT2D eigenvalue weighted by atomic mass is 9.80. The van der Waals surface area contributed by atoms with E-state index in [4.69, 9.17) is 5.11 Å². The van der Waals surface area contributed by atoms with Gasteiger partial charge in [0.2, 0.25) is 5.91 Å². The maximum Gasteiger partial charge on any atom is 0.305 e. The average Bonchev–Trinajstić information content (AvgIpc) is 2.47. The molecule has 3 N–H and O–H groups in total. The number of amides is 1. The largest absolute Gasteiger partial charge is 0.481 e. The van der Waals surface area contributed by atoms with Gasteiger partial charge in [0.1, 0.15) is 0 Å². The normalized spacial score (nSPS) is 18.7. The average molecular weight is 290 g/mol. The number of aliphatic carboxylic acids is 1. The van der Waals surface area contributed by atoms with Crippen LogP contribution in [0.2, 0.25) is 0 Å². The van der Waals surface area contributed by atoms with Gasteiger partial charge in [-0.2, -0.15) is 0 Å². The standard InChI is InChI=1S/C16H22N2O3/c1-16(7-9-17-10-8-16)15(21)18-13(11-14(19)20)12-5-3-2-4-6-12/h2-6,13,17H,7-11H2,1H3,(H,18,21)(H,19,20). The molecule has 0 spiro atoms. The first-order valence-electron chi connectivity index (χ1n) is 7.30. The maximum absolute atomic E-state index is 12.6. The van der Waals surface area contributed by atoms with Gasteiger partial charge in [-0.1, -0.05) is 37.3 Å². The highest BCUT2D eigenvalue weighted by Gasteiger charge is 2.35. The summed E-state index contributed by atoms with van der Waals surface area (Å²) in [5, 5.41) is 15.2. The molecule has 1 aliphatic rings. The van der Waals surface area contributed by atoms with Crippen LogP contribution in [0.25, 0.3) is 0 Å². The zero-order chi connectivity index (χ0) is 15.3. The molecule has 0 aliphatic carbocycles. The van der Waals surface area contributed by atoms with E-state index in [0.29, 0.717) is 0 Å². The van der Waals surface area contributed by atoms with Crippen LogP contribution in [0.1, 0.15) is 37.8 Å². The molecule has 0 radical (unpaired) electrons. The Labute approximate surface area is 124 Å². The fourth-order valence-corrected chi connectivity index (χ4v) is 2.65. The van der Waals surface area contributed by atoms with Crippen LogP contribution in [0.15, 0.2) is 30.3 Å². The van der Waals surface area contributed by atoms with Crippen molar-refractivity contribution in [1.82, 2.24) is 10.6 Å². The molecule has 0 aromatic heterocycles. The van der Waals surface area contributed by atoms with Crippen molar-refractivity contribution < 1.29 is 14.7 Å². The van der Waals surface area contributed by atoms with Crippen molar-refractivity contribution in [2.75, 3.05) is 13.1 Å². The number of piperidine rings is 1. The van der Waals surface area contributed by atoms with Crippen molar-refractivity contribution >= 4 is 11.9 Å². The number of carboxylic acid groups (broad SMARTS) is 1. The molecular formula is C16H22N2O3. The second-order valence-electron chi connectivity index (χ2n) is 5.85. The minimum absolute atomic E-state index is 0.0564. The van der Waals surface area contributed by atoms with E-state index < -0.39 is 17.4 Å². The van der Waals surface area contributed by atoms with Crippen molar-refractivity contribution in [3.8, 4) is 0 Å². The van der Waals surface area contributed by atoms with Gasteiger partial charge in [-0.25, -0.2) is 0 Å². The van der Waals surface area contributed by atoms with Crippen molar-refractivity contribution in [1.29, 1.82) is 0 Å². The molecule has 21 heavy (non-hydrogen) atoms. The smallest absolute Gasteiger partial charge is 0.305 e. The highest BCUT2D eigenvalue weighted by atomic mass is 16.4. The van der Waals surface area contributed by atoms with E-state index >= 15 is 0 Å². The number of benzene rings is 1. The Morgan fingerprint density at radius 3 is 2.48 bits per heavy atom. The van der Waals surface area contributed by atoms with Crippen LogP contribution in [-0.2, 0) is 9.59 Å². The molecule has 1 aromatic carbocycles. The van der Waals surface area contributed by atoms with E-state index in [1.165, 1.54) is 0 Å². The summed E-state index contributed by atoms with van der Waals surface area (Å²) in [5.74, 6) is -0.973. The number of carboxylic acids is 1. The molecule has 1 amide bonds. The first-order valence-corrected chi connectivity index (χ1v) is 7.30. The molecule has 114 valence electrons. The van der Waals surface area contributed by atoms with Crippen molar-refractivity contribution in [3.63, 3.8) is 0 Å². The molecule has 0 saturated carbocycles. The molecule has 1 fully saturated rings. The fourth-order valence-electron chi connectivity index (χ4n) is 2.65. The molecule has 0 bridgehead atoms. The number of hydrogen-bond acceptors (Lipinski definition) is 3. The lowest BCUT2D eigenvalue weighted by molar-refractivity contribution is -0.138. The van der Waals surface area contributed by atoms with Gasteiger partial charge in [0.25, 0.3) is 0 Å². The second-order valence-corrected chi connectivity index (χ2v) is 5.85. The van der Waals surface area contributed by atoms with Gasteiger partial charge in [0.05, 0.1) is 12.5 Å². The molecular weight excluding hydrogens is 268 g/mol.